The third-order valence-electron chi connectivity index (χ3n) is 4.19. The maximum absolute atomic E-state index is 12.4. The summed E-state index contributed by atoms with van der Waals surface area (Å²) in [6, 6.07) is 4.64. The van der Waals surface area contributed by atoms with Gasteiger partial charge in [-0.25, -0.2) is 4.79 Å². The molecule has 5 nitrogen and oxygen atoms in total. The molecular formula is C14H20N4O. The molecule has 1 aromatic heterocycles. The van der Waals surface area contributed by atoms with Crippen molar-refractivity contribution in [3.05, 3.63) is 30.1 Å². The van der Waals surface area contributed by atoms with Gasteiger partial charge in [-0.2, -0.15) is 0 Å². The summed E-state index contributed by atoms with van der Waals surface area (Å²) >= 11 is 0. The average molecular weight is 260 g/mol. The Bertz CT molecular complexity index is 444. The lowest BCUT2D eigenvalue weighted by Gasteiger charge is -2.30. The van der Waals surface area contributed by atoms with Crippen molar-refractivity contribution in [1.82, 2.24) is 20.1 Å². The van der Waals surface area contributed by atoms with E-state index in [0.717, 1.165) is 38.0 Å². The van der Waals surface area contributed by atoms with Crippen molar-refractivity contribution in [3.8, 4) is 0 Å². The molecule has 0 spiro atoms. The van der Waals surface area contributed by atoms with Crippen LogP contribution in [0.25, 0.3) is 0 Å². The van der Waals surface area contributed by atoms with E-state index >= 15 is 0 Å². The summed E-state index contributed by atoms with van der Waals surface area (Å²) in [4.78, 5) is 20.3. The van der Waals surface area contributed by atoms with E-state index in [0.29, 0.717) is 6.04 Å². The zero-order valence-electron chi connectivity index (χ0n) is 11.2. The molecule has 2 amide bonds. The number of urea groups is 1. The molecule has 0 bridgehead atoms. The van der Waals surface area contributed by atoms with Gasteiger partial charge in [0, 0.05) is 38.6 Å². The Morgan fingerprint density at radius 2 is 2.16 bits per heavy atom. The normalized spacial score (nSPS) is 27.9. The van der Waals surface area contributed by atoms with E-state index in [1.54, 1.807) is 12.4 Å². The number of hydrogen-bond acceptors (Lipinski definition) is 3. The van der Waals surface area contributed by atoms with Crippen LogP contribution in [0.15, 0.2) is 24.5 Å². The van der Waals surface area contributed by atoms with Crippen molar-refractivity contribution in [2.45, 2.75) is 24.9 Å². The second kappa shape index (κ2) is 5.17. The summed E-state index contributed by atoms with van der Waals surface area (Å²) in [5.41, 5.74) is 1.16. The summed E-state index contributed by atoms with van der Waals surface area (Å²) in [6.07, 6.45) is 5.84. The third kappa shape index (κ3) is 2.30. The molecule has 2 saturated heterocycles. The number of rotatable bonds is 2. The van der Waals surface area contributed by atoms with Gasteiger partial charge in [0.05, 0.1) is 6.04 Å². The number of nitrogens with one attached hydrogen (secondary N) is 1. The highest BCUT2D eigenvalue weighted by Crippen LogP contribution is 2.30. The number of carbonyl (C=O) groups excluding carboxylic acids is 1. The fourth-order valence-corrected chi connectivity index (χ4v) is 3.04. The number of piperidine rings is 1. The first-order chi connectivity index (χ1) is 9.27. The Morgan fingerprint density at radius 1 is 1.37 bits per heavy atom. The molecule has 2 unspecified atom stereocenters. The quantitative estimate of drug-likeness (QED) is 0.870. The van der Waals surface area contributed by atoms with Gasteiger partial charge in [-0.1, -0.05) is 0 Å². The number of nitrogens with zero attached hydrogens (tertiary/aromatic N) is 3. The Hall–Kier alpha value is -1.62. The van der Waals surface area contributed by atoms with Crippen LogP contribution in [-0.2, 0) is 0 Å². The predicted octanol–water partition coefficient (Wildman–Crippen LogP) is 1.24. The first-order valence-corrected chi connectivity index (χ1v) is 6.91. The van der Waals surface area contributed by atoms with E-state index < -0.39 is 0 Å². The summed E-state index contributed by atoms with van der Waals surface area (Å²) in [5.74, 6) is 0. The minimum Gasteiger partial charge on any atom is -0.319 e. The first-order valence-electron chi connectivity index (χ1n) is 6.91. The van der Waals surface area contributed by atoms with E-state index in [2.05, 4.69) is 10.3 Å². The number of amides is 2. The predicted molar refractivity (Wildman–Crippen MR) is 72.7 cm³/mol. The summed E-state index contributed by atoms with van der Waals surface area (Å²) < 4.78 is 0. The van der Waals surface area contributed by atoms with Crippen LogP contribution in [-0.4, -0.2) is 53.5 Å². The molecule has 2 atom stereocenters. The molecule has 0 aromatic carbocycles. The average Bonchev–Trinajstić information content (AvgIpc) is 2.77. The van der Waals surface area contributed by atoms with Crippen LogP contribution in [0.4, 0.5) is 4.79 Å². The lowest BCUT2D eigenvalue weighted by Crippen LogP contribution is -2.47. The van der Waals surface area contributed by atoms with E-state index in [1.807, 2.05) is 29.0 Å². The molecule has 2 aliphatic rings. The molecule has 3 heterocycles. The van der Waals surface area contributed by atoms with Gasteiger partial charge in [-0.15, -0.1) is 0 Å². The zero-order valence-corrected chi connectivity index (χ0v) is 11.2. The van der Waals surface area contributed by atoms with E-state index in [4.69, 9.17) is 0 Å². The van der Waals surface area contributed by atoms with Crippen molar-refractivity contribution in [2.24, 2.45) is 0 Å². The van der Waals surface area contributed by atoms with Crippen molar-refractivity contribution < 1.29 is 4.79 Å². The van der Waals surface area contributed by atoms with Crippen LogP contribution in [0.1, 0.15) is 24.4 Å². The molecule has 2 aliphatic heterocycles. The molecular weight excluding hydrogens is 240 g/mol. The van der Waals surface area contributed by atoms with E-state index in [-0.39, 0.29) is 12.1 Å². The van der Waals surface area contributed by atoms with E-state index in [1.165, 1.54) is 0 Å². The molecule has 1 N–H and O–H groups in total. The first kappa shape index (κ1) is 12.4. The van der Waals surface area contributed by atoms with Gasteiger partial charge in [-0.05, 0) is 37.1 Å². The standard InChI is InChI=1S/C14H20N4O/c1-17-13(11-4-7-15-8-5-11)10-18(14(17)19)12-3-2-6-16-9-12/h4-5,7-8,12-13,16H,2-3,6,9-10H2,1H3. The molecule has 0 aliphatic carbocycles. The number of likely N-dealkylation sites (N-methyl/N-ethyl adjacent to an activating group) is 1. The van der Waals surface area contributed by atoms with Gasteiger partial charge in [0.25, 0.3) is 0 Å². The number of aromatic nitrogens is 1. The van der Waals surface area contributed by atoms with Gasteiger partial charge in [0.2, 0.25) is 0 Å². The Balaban J connectivity index is 1.77. The van der Waals surface area contributed by atoms with Crippen molar-refractivity contribution in [2.75, 3.05) is 26.7 Å². The minimum atomic E-state index is 0.149. The van der Waals surface area contributed by atoms with Crippen LogP contribution < -0.4 is 5.32 Å². The van der Waals surface area contributed by atoms with Gasteiger partial charge < -0.3 is 15.1 Å². The van der Waals surface area contributed by atoms with Crippen molar-refractivity contribution in [3.63, 3.8) is 0 Å². The Labute approximate surface area is 113 Å². The fourth-order valence-electron chi connectivity index (χ4n) is 3.04. The molecule has 2 fully saturated rings. The van der Waals surface area contributed by atoms with Crippen LogP contribution >= 0.6 is 0 Å². The fraction of sp³-hybridized carbons (Fsp3) is 0.571. The summed E-state index contributed by atoms with van der Waals surface area (Å²) in [5, 5.41) is 3.38. The minimum absolute atomic E-state index is 0.149. The molecule has 19 heavy (non-hydrogen) atoms. The highest BCUT2D eigenvalue weighted by Gasteiger charge is 2.39. The lowest BCUT2D eigenvalue weighted by atomic mass is 10.0. The monoisotopic (exact) mass is 260 g/mol. The summed E-state index contributed by atoms with van der Waals surface area (Å²) in [6.45, 7) is 2.77. The number of hydrogen-bond donors (Lipinski definition) is 1. The highest BCUT2D eigenvalue weighted by molar-refractivity contribution is 5.77. The molecule has 0 saturated carbocycles. The smallest absolute Gasteiger partial charge is 0.319 e. The number of carbonyl (C=O) groups is 1. The molecule has 102 valence electrons. The molecule has 0 radical (unpaired) electrons. The van der Waals surface area contributed by atoms with Gasteiger partial charge in [-0.3, -0.25) is 4.98 Å². The SMILES string of the molecule is CN1C(=O)N(C2CCCNC2)CC1c1ccncc1. The highest BCUT2D eigenvalue weighted by atomic mass is 16.2. The lowest BCUT2D eigenvalue weighted by molar-refractivity contribution is 0.171. The maximum Gasteiger partial charge on any atom is 0.320 e. The van der Waals surface area contributed by atoms with Crippen LogP contribution in [0.3, 0.4) is 0 Å². The Kier molecular flexibility index (Phi) is 3.38. The zero-order chi connectivity index (χ0) is 13.2. The summed E-state index contributed by atoms with van der Waals surface area (Å²) in [7, 11) is 1.89. The maximum atomic E-state index is 12.4. The topological polar surface area (TPSA) is 48.5 Å². The largest absolute Gasteiger partial charge is 0.320 e. The van der Waals surface area contributed by atoms with Crippen molar-refractivity contribution >= 4 is 6.03 Å². The second-order valence-corrected chi connectivity index (χ2v) is 5.34. The van der Waals surface area contributed by atoms with Gasteiger partial charge in [0.1, 0.15) is 0 Å². The molecule has 3 rings (SSSR count). The van der Waals surface area contributed by atoms with Crippen LogP contribution in [0, 0.1) is 0 Å². The van der Waals surface area contributed by atoms with E-state index in [9.17, 15) is 4.79 Å². The third-order valence-corrected chi connectivity index (χ3v) is 4.19. The Morgan fingerprint density at radius 3 is 2.84 bits per heavy atom. The molecule has 1 aromatic rings. The van der Waals surface area contributed by atoms with Crippen LogP contribution in [0.2, 0.25) is 0 Å². The van der Waals surface area contributed by atoms with Gasteiger partial charge in [0.15, 0.2) is 0 Å². The van der Waals surface area contributed by atoms with Gasteiger partial charge >= 0.3 is 6.03 Å². The van der Waals surface area contributed by atoms with Crippen LogP contribution in [0.5, 0.6) is 0 Å². The molecule has 5 heteroatoms. The second-order valence-electron chi connectivity index (χ2n) is 5.34. The number of pyridine rings is 1. The van der Waals surface area contributed by atoms with Crippen molar-refractivity contribution in [1.29, 1.82) is 0 Å².